The Kier molecular flexibility index (Phi) is 4.17. The molecule has 0 radical (unpaired) electrons. The molecular weight excluding hydrogens is 204 g/mol. The van der Waals surface area contributed by atoms with Gasteiger partial charge < -0.3 is 10.4 Å². The number of hydrogen-bond donors (Lipinski definition) is 2. The number of benzene rings is 1. The molecule has 0 aromatic heterocycles. The SMILES string of the molecule is O=C(CCCO)Nc1cc(F)ccc1F. The second-order valence-corrected chi connectivity index (χ2v) is 3.00. The van der Waals surface area contributed by atoms with Crippen molar-refractivity contribution in [3.05, 3.63) is 29.8 Å². The van der Waals surface area contributed by atoms with Gasteiger partial charge >= 0.3 is 0 Å². The Bertz CT molecular complexity index is 355. The molecule has 1 rings (SSSR count). The summed E-state index contributed by atoms with van der Waals surface area (Å²) in [4.78, 5) is 11.1. The van der Waals surface area contributed by atoms with E-state index in [1.165, 1.54) is 0 Å². The molecule has 15 heavy (non-hydrogen) atoms. The minimum Gasteiger partial charge on any atom is -0.396 e. The molecule has 0 aliphatic heterocycles. The van der Waals surface area contributed by atoms with E-state index in [1.807, 2.05) is 0 Å². The van der Waals surface area contributed by atoms with Crippen molar-refractivity contribution < 1.29 is 18.7 Å². The monoisotopic (exact) mass is 215 g/mol. The van der Waals surface area contributed by atoms with Gasteiger partial charge in [0.1, 0.15) is 11.6 Å². The molecule has 0 fully saturated rings. The summed E-state index contributed by atoms with van der Waals surface area (Å²) in [5.74, 6) is -1.75. The van der Waals surface area contributed by atoms with Gasteiger partial charge in [0.05, 0.1) is 5.69 Å². The summed E-state index contributed by atoms with van der Waals surface area (Å²) >= 11 is 0. The van der Waals surface area contributed by atoms with Crippen LogP contribution in [0, 0.1) is 11.6 Å². The maximum Gasteiger partial charge on any atom is 0.224 e. The summed E-state index contributed by atoms with van der Waals surface area (Å²) in [6.07, 6.45) is 0.370. The van der Waals surface area contributed by atoms with Crippen LogP contribution in [0.3, 0.4) is 0 Å². The van der Waals surface area contributed by atoms with Gasteiger partial charge in [-0.2, -0.15) is 0 Å². The topological polar surface area (TPSA) is 49.3 Å². The predicted octanol–water partition coefficient (Wildman–Crippen LogP) is 1.68. The minimum absolute atomic E-state index is 0.0758. The molecular formula is C10H11F2NO2. The van der Waals surface area contributed by atoms with Gasteiger partial charge in [-0.1, -0.05) is 0 Å². The fourth-order valence-electron chi connectivity index (χ4n) is 1.05. The highest BCUT2D eigenvalue weighted by molar-refractivity contribution is 5.90. The highest BCUT2D eigenvalue weighted by Gasteiger charge is 2.07. The zero-order valence-corrected chi connectivity index (χ0v) is 7.96. The Morgan fingerprint density at radius 2 is 2.13 bits per heavy atom. The third kappa shape index (κ3) is 3.63. The molecule has 2 N–H and O–H groups in total. The third-order valence-corrected chi connectivity index (χ3v) is 1.76. The maximum absolute atomic E-state index is 13.0. The van der Waals surface area contributed by atoms with E-state index in [9.17, 15) is 13.6 Å². The lowest BCUT2D eigenvalue weighted by Crippen LogP contribution is -2.13. The van der Waals surface area contributed by atoms with E-state index in [4.69, 9.17) is 5.11 Å². The van der Waals surface area contributed by atoms with Crippen LogP contribution in [0.5, 0.6) is 0 Å². The summed E-state index contributed by atoms with van der Waals surface area (Å²) in [6.45, 7) is -0.112. The van der Waals surface area contributed by atoms with E-state index in [0.29, 0.717) is 6.42 Å². The van der Waals surface area contributed by atoms with Gasteiger partial charge in [0, 0.05) is 19.1 Å². The van der Waals surface area contributed by atoms with Crippen molar-refractivity contribution in [2.24, 2.45) is 0 Å². The van der Waals surface area contributed by atoms with Crippen molar-refractivity contribution in [3.8, 4) is 0 Å². The van der Waals surface area contributed by atoms with E-state index in [1.54, 1.807) is 0 Å². The molecule has 0 spiro atoms. The van der Waals surface area contributed by atoms with E-state index in [0.717, 1.165) is 18.2 Å². The molecule has 0 heterocycles. The third-order valence-electron chi connectivity index (χ3n) is 1.76. The fraction of sp³-hybridized carbons (Fsp3) is 0.300. The van der Waals surface area contributed by atoms with Crippen LogP contribution in [0.25, 0.3) is 0 Å². The van der Waals surface area contributed by atoms with Crippen LogP contribution in [0.4, 0.5) is 14.5 Å². The number of halogens is 2. The zero-order valence-electron chi connectivity index (χ0n) is 7.96. The quantitative estimate of drug-likeness (QED) is 0.802. The zero-order chi connectivity index (χ0) is 11.3. The smallest absolute Gasteiger partial charge is 0.224 e. The van der Waals surface area contributed by atoms with Crippen molar-refractivity contribution in [2.75, 3.05) is 11.9 Å². The van der Waals surface area contributed by atoms with Crippen LogP contribution in [-0.2, 0) is 4.79 Å². The van der Waals surface area contributed by atoms with Crippen molar-refractivity contribution in [1.29, 1.82) is 0 Å². The van der Waals surface area contributed by atoms with Crippen LogP contribution >= 0.6 is 0 Å². The lowest BCUT2D eigenvalue weighted by atomic mass is 10.2. The van der Waals surface area contributed by atoms with E-state index in [-0.39, 0.29) is 18.7 Å². The maximum atomic E-state index is 13.0. The Balaban J connectivity index is 2.63. The highest BCUT2D eigenvalue weighted by Crippen LogP contribution is 2.15. The second-order valence-electron chi connectivity index (χ2n) is 3.00. The summed E-state index contributed by atoms with van der Waals surface area (Å²) in [6, 6.07) is 2.82. The number of carbonyl (C=O) groups excluding carboxylic acids is 1. The summed E-state index contributed by atoms with van der Waals surface area (Å²) in [5.41, 5.74) is -0.182. The van der Waals surface area contributed by atoms with Gasteiger partial charge in [0.15, 0.2) is 0 Å². The molecule has 0 aliphatic carbocycles. The first kappa shape index (κ1) is 11.6. The van der Waals surface area contributed by atoms with Gasteiger partial charge in [-0.15, -0.1) is 0 Å². The van der Waals surface area contributed by atoms with Gasteiger partial charge in [-0.05, 0) is 18.6 Å². The number of carbonyl (C=O) groups is 1. The van der Waals surface area contributed by atoms with E-state index in [2.05, 4.69) is 5.32 Å². The number of anilines is 1. The first-order chi connectivity index (χ1) is 7.13. The molecule has 5 heteroatoms. The Labute approximate surface area is 85.7 Å². The predicted molar refractivity (Wildman–Crippen MR) is 51.3 cm³/mol. The minimum atomic E-state index is -0.686. The van der Waals surface area contributed by atoms with Gasteiger partial charge in [0.25, 0.3) is 0 Å². The molecule has 3 nitrogen and oxygen atoms in total. The normalized spacial score (nSPS) is 10.1. The molecule has 1 aromatic carbocycles. The van der Waals surface area contributed by atoms with Crippen molar-refractivity contribution >= 4 is 11.6 Å². The largest absolute Gasteiger partial charge is 0.396 e. The van der Waals surface area contributed by atoms with Crippen LogP contribution < -0.4 is 5.32 Å². The number of hydrogen-bond acceptors (Lipinski definition) is 2. The van der Waals surface area contributed by atoms with Crippen molar-refractivity contribution in [1.82, 2.24) is 0 Å². The average Bonchev–Trinajstić information content (AvgIpc) is 2.20. The van der Waals surface area contributed by atoms with Crippen molar-refractivity contribution in [3.63, 3.8) is 0 Å². The summed E-state index contributed by atoms with van der Waals surface area (Å²) < 4.78 is 25.7. The average molecular weight is 215 g/mol. The standard InChI is InChI=1S/C10H11F2NO2/c11-7-3-4-8(12)9(6-7)13-10(15)2-1-5-14/h3-4,6,14H,1-2,5H2,(H,13,15). The molecule has 0 atom stereocenters. The van der Waals surface area contributed by atoms with Gasteiger partial charge in [-0.3, -0.25) is 4.79 Å². The molecule has 0 aliphatic rings. The molecule has 1 amide bonds. The lowest BCUT2D eigenvalue weighted by Gasteiger charge is -2.05. The molecule has 0 unspecified atom stereocenters. The van der Waals surface area contributed by atoms with Crippen LogP contribution in [0.2, 0.25) is 0 Å². The lowest BCUT2D eigenvalue weighted by molar-refractivity contribution is -0.116. The Morgan fingerprint density at radius 1 is 1.40 bits per heavy atom. The van der Waals surface area contributed by atoms with E-state index >= 15 is 0 Å². The number of amides is 1. The molecule has 1 aromatic rings. The van der Waals surface area contributed by atoms with Gasteiger partial charge in [-0.25, -0.2) is 8.78 Å². The molecule has 82 valence electrons. The Morgan fingerprint density at radius 3 is 2.80 bits per heavy atom. The number of rotatable bonds is 4. The number of nitrogens with one attached hydrogen (secondary N) is 1. The van der Waals surface area contributed by atoms with Crippen molar-refractivity contribution in [2.45, 2.75) is 12.8 Å². The summed E-state index contributed by atoms with van der Waals surface area (Å²) in [5, 5.41) is 10.7. The molecule has 0 bridgehead atoms. The summed E-state index contributed by atoms with van der Waals surface area (Å²) in [7, 11) is 0. The fourth-order valence-corrected chi connectivity index (χ4v) is 1.05. The number of aliphatic hydroxyl groups is 1. The first-order valence-electron chi connectivity index (χ1n) is 4.49. The van der Waals surface area contributed by atoms with Crippen LogP contribution in [0.1, 0.15) is 12.8 Å². The number of aliphatic hydroxyl groups excluding tert-OH is 1. The van der Waals surface area contributed by atoms with E-state index < -0.39 is 17.5 Å². The van der Waals surface area contributed by atoms with Crippen LogP contribution in [-0.4, -0.2) is 17.6 Å². The first-order valence-corrected chi connectivity index (χ1v) is 4.49. The van der Waals surface area contributed by atoms with Crippen LogP contribution in [0.15, 0.2) is 18.2 Å². The highest BCUT2D eigenvalue weighted by atomic mass is 19.1. The van der Waals surface area contributed by atoms with Gasteiger partial charge in [0.2, 0.25) is 5.91 Å². The second kappa shape index (κ2) is 5.41. The molecule has 0 saturated carbocycles. The Hall–Kier alpha value is -1.49. The molecule has 0 saturated heterocycles.